The van der Waals surface area contributed by atoms with Gasteiger partial charge in [-0.2, -0.15) is 0 Å². The third-order valence-electron chi connectivity index (χ3n) is 2.62. The zero-order valence-corrected chi connectivity index (χ0v) is 11.8. The van der Waals surface area contributed by atoms with Crippen LogP contribution in [0.5, 0.6) is 5.75 Å². The van der Waals surface area contributed by atoms with Gasteiger partial charge in [-0.25, -0.2) is 0 Å². The molecule has 0 fully saturated rings. The Morgan fingerprint density at radius 2 is 2.22 bits per heavy atom. The number of hydrogen-bond donors (Lipinski definition) is 3. The van der Waals surface area contributed by atoms with Gasteiger partial charge in [-0.3, -0.25) is 0 Å². The predicted octanol–water partition coefficient (Wildman–Crippen LogP) is 2.71. The Kier molecular flexibility index (Phi) is 4.50. The highest BCUT2D eigenvalue weighted by Crippen LogP contribution is 2.36. The van der Waals surface area contributed by atoms with Gasteiger partial charge in [-0.1, -0.05) is 11.6 Å². The van der Waals surface area contributed by atoms with Crippen molar-refractivity contribution >= 4 is 38.4 Å². The molecule has 0 saturated heterocycles. The van der Waals surface area contributed by atoms with Gasteiger partial charge >= 0.3 is 0 Å². The largest absolute Gasteiger partial charge is 0.491 e. The van der Waals surface area contributed by atoms with Crippen molar-refractivity contribution in [1.29, 1.82) is 0 Å². The van der Waals surface area contributed by atoms with Crippen LogP contribution in [0.3, 0.4) is 0 Å². The summed E-state index contributed by atoms with van der Waals surface area (Å²) < 4.78 is 6.36. The average Bonchev–Trinajstić information content (AvgIpc) is 2.77. The Balaban J connectivity index is 2.16. The minimum atomic E-state index is -0.752. The average molecular weight is 335 g/mol. The van der Waals surface area contributed by atoms with Crippen LogP contribution in [0.15, 0.2) is 22.8 Å². The Bertz CT molecular complexity index is 543. The summed E-state index contributed by atoms with van der Waals surface area (Å²) in [6.45, 7) is 0.0566. The predicted molar refractivity (Wildman–Crippen MR) is 74.2 cm³/mol. The quantitative estimate of drug-likeness (QED) is 0.787. The molecule has 1 aromatic heterocycles. The van der Waals surface area contributed by atoms with E-state index in [1.807, 2.05) is 12.1 Å². The summed E-state index contributed by atoms with van der Waals surface area (Å²) in [5.74, 6) is 0.640. The second kappa shape index (κ2) is 5.93. The van der Waals surface area contributed by atoms with Gasteiger partial charge in [0.2, 0.25) is 0 Å². The van der Waals surface area contributed by atoms with Gasteiger partial charge in [0.1, 0.15) is 5.75 Å². The molecule has 1 unspecified atom stereocenters. The van der Waals surface area contributed by atoms with Crippen LogP contribution in [0.4, 0.5) is 0 Å². The molecule has 0 aliphatic heterocycles. The summed E-state index contributed by atoms with van der Waals surface area (Å²) in [5.41, 5.74) is 0.890. The summed E-state index contributed by atoms with van der Waals surface area (Å²) in [6, 6.07) is 3.77. The lowest BCUT2D eigenvalue weighted by atomic mass is 10.2. The van der Waals surface area contributed by atoms with Gasteiger partial charge in [0.05, 0.1) is 35.2 Å². The van der Waals surface area contributed by atoms with Gasteiger partial charge in [0.25, 0.3) is 0 Å². The summed E-state index contributed by atoms with van der Waals surface area (Å²) >= 11 is 9.57. The Morgan fingerprint density at radius 3 is 2.94 bits per heavy atom. The number of aromatic amines is 1. The Hall–Kier alpha value is -0.750. The van der Waals surface area contributed by atoms with Crippen molar-refractivity contribution in [3.05, 3.63) is 27.8 Å². The fraction of sp³-hybridized carbons (Fsp3) is 0.333. The summed E-state index contributed by atoms with van der Waals surface area (Å²) in [7, 11) is 0. The van der Waals surface area contributed by atoms with Crippen molar-refractivity contribution in [2.24, 2.45) is 0 Å². The first-order valence-corrected chi connectivity index (χ1v) is 6.67. The first kappa shape index (κ1) is 13.7. The van der Waals surface area contributed by atoms with Crippen molar-refractivity contribution < 1.29 is 14.9 Å². The maximum absolute atomic E-state index is 9.23. The number of aliphatic hydroxyl groups is 2. The highest BCUT2D eigenvalue weighted by atomic mass is 79.9. The van der Waals surface area contributed by atoms with E-state index in [0.29, 0.717) is 23.8 Å². The van der Waals surface area contributed by atoms with Gasteiger partial charge in [0, 0.05) is 17.1 Å². The number of nitrogens with one attached hydrogen (secondary N) is 1. The topological polar surface area (TPSA) is 65.5 Å². The van der Waals surface area contributed by atoms with Crippen molar-refractivity contribution in [3.8, 4) is 5.75 Å². The summed E-state index contributed by atoms with van der Waals surface area (Å²) in [4.78, 5) is 3.07. The van der Waals surface area contributed by atoms with Crippen molar-refractivity contribution in [2.45, 2.75) is 12.5 Å². The molecule has 0 bridgehead atoms. The lowest BCUT2D eigenvalue weighted by molar-refractivity contribution is 0.0756. The van der Waals surface area contributed by atoms with E-state index in [2.05, 4.69) is 20.9 Å². The van der Waals surface area contributed by atoms with Gasteiger partial charge in [-0.05, 0) is 28.1 Å². The molecule has 0 saturated carbocycles. The first-order valence-electron chi connectivity index (χ1n) is 5.50. The maximum atomic E-state index is 9.23. The van der Waals surface area contributed by atoms with Crippen LogP contribution in [-0.2, 0) is 0 Å². The molecule has 2 rings (SSSR count). The molecule has 0 aliphatic carbocycles. The molecule has 0 spiro atoms. The molecule has 0 amide bonds. The fourth-order valence-electron chi connectivity index (χ4n) is 1.64. The lowest BCUT2D eigenvalue weighted by Gasteiger charge is -2.08. The third kappa shape index (κ3) is 2.80. The molecular formula is C12H13BrClNO3. The van der Waals surface area contributed by atoms with Crippen LogP contribution >= 0.6 is 27.5 Å². The molecule has 6 heteroatoms. The normalized spacial score (nSPS) is 12.9. The van der Waals surface area contributed by atoms with Gasteiger partial charge in [-0.15, -0.1) is 0 Å². The van der Waals surface area contributed by atoms with Crippen molar-refractivity contribution in [1.82, 2.24) is 4.98 Å². The molecule has 98 valence electrons. The smallest absolute Gasteiger partial charge is 0.146 e. The Morgan fingerprint density at radius 1 is 1.44 bits per heavy atom. The molecule has 0 radical (unpaired) electrons. The standard InChI is InChI=1S/C12H13BrClNO3/c13-8-1-2-9-11(12(8)14)10(5-15-9)18-4-3-7(17)6-16/h1-2,5,7,15-17H,3-4,6H2. The minimum Gasteiger partial charge on any atom is -0.491 e. The number of aliphatic hydroxyl groups excluding tert-OH is 2. The number of fused-ring (bicyclic) bond motifs is 1. The van der Waals surface area contributed by atoms with Crippen molar-refractivity contribution in [3.63, 3.8) is 0 Å². The third-order valence-corrected chi connectivity index (χ3v) is 3.90. The van der Waals surface area contributed by atoms with Gasteiger partial charge < -0.3 is 19.9 Å². The van der Waals surface area contributed by atoms with Gasteiger partial charge in [0.15, 0.2) is 0 Å². The molecule has 1 aromatic carbocycles. The van der Waals surface area contributed by atoms with Crippen LogP contribution in [0.1, 0.15) is 6.42 Å². The molecule has 1 heterocycles. The SMILES string of the molecule is OCC(O)CCOc1c[nH]c2ccc(Br)c(Cl)c12. The number of benzene rings is 1. The number of halogens is 2. The van der Waals surface area contributed by atoms with E-state index in [9.17, 15) is 5.11 Å². The zero-order valence-electron chi connectivity index (χ0n) is 9.49. The van der Waals surface area contributed by atoms with E-state index < -0.39 is 6.10 Å². The molecule has 3 N–H and O–H groups in total. The summed E-state index contributed by atoms with van der Waals surface area (Å²) in [6.07, 6.45) is 1.35. The van der Waals surface area contributed by atoms with E-state index in [-0.39, 0.29) is 6.61 Å². The van der Waals surface area contributed by atoms with E-state index in [0.717, 1.165) is 15.4 Å². The molecule has 4 nitrogen and oxygen atoms in total. The van der Waals surface area contributed by atoms with Crippen LogP contribution in [0.2, 0.25) is 5.02 Å². The lowest BCUT2D eigenvalue weighted by Crippen LogP contribution is -2.15. The van der Waals surface area contributed by atoms with Crippen LogP contribution in [0, 0.1) is 0 Å². The zero-order chi connectivity index (χ0) is 13.1. The number of H-pyrrole nitrogens is 1. The highest BCUT2D eigenvalue weighted by molar-refractivity contribution is 9.10. The number of aromatic nitrogens is 1. The molecule has 2 aromatic rings. The molecule has 18 heavy (non-hydrogen) atoms. The van der Waals surface area contributed by atoms with E-state index in [4.69, 9.17) is 21.4 Å². The number of ether oxygens (including phenoxy) is 1. The minimum absolute atomic E-state index is 0.260. The van der Waals surface area contributed by atoms with E-state index in [1.165, 1.54) is 0 Å². The van der Waals surface area contributed by atoms with Crippen LogP contribution < -0.4 is 4.74 Å². The van der Waals surface area contributed by atoms with E-state index >= 15 is 0 Å². The Labute approximate surface area is 118 Å². The number of rotatable bonds is 5. The summed E-state index contributed by atoms with van der Waals surface area (Å²) in [5, 5.41) is 19.3. The highest BCUT2D eigenvalue weighted by Gasteiger charge is 2.12. The van der Waals surface area contributed by atoms with E-state index in [1.54, 1.807) is 6.20 Å². The second-order valence-electron chi connectivity index (χ2n) is 3.91. The molecule has 0 aliphatic rings. The second-order valence-corrected chi connectivity index (χ2v) is 5.14. The monoisotopic (exact) mass is 333 g/mol. The first-order chi connectivity index (χ1) is 8.63. The molecular weight excluding hydrogens is 321 g/mol. The number of hydrogen-bond acceptors (Lipinski definition) is 3. The van der Waals surface area contributed by atoms with Crippen molar-refractivity contribution in [2.75, 3.05) is 13.2 Å². The van der Waals surface area contributed by atoms with Crippen LogP contribution in [0.25, 0.3) is 10.9 Å². The molecule has 1 atom stereocenters. The maximum Gasteiger partial charge on any atom is 0.146 e. The fourth-order valence-corrected chi connectivity index (χ4v) is 2.23. The van der Waals surface area contributed by atoms with Crippen LogP contribution in [-0.4, -0.2) is 34.5 Å².